The predicted molar refractivity (Wildman–Crippen MR) is 149 cm³/mol. The van der Waals surface area contributed by atoms with Gasteiger partial charge in [0.15, 0.2) is 12.6 Å². The molecule has 0 spiro atoms. The normalized spacial score (nSPS) is 11.8. The van der Waals surface area contributed by atoms with E-state index in [0.29, 0.717) is 50.4 Å². The van der Waals surface area contributed by atoms with Gasteiger partial charge in [-0.2, -0.15) is 0 Å². The summed E-state index contributed by atoms with van der Waals surface area (Å²) in [5.41, 5.74) is 2.17. The summed E-state index contributed by atoms with van der Waals surface area (Å²) in [7, 11) is 1.62. The Kier molecular flexibility index (Phi) is 11.7. The molecule has 2 aromatic rings. The Morgan fingerprint density at radius 3 is 1.87 bits per heavy atom. The van der Waals surface area contributed by atoms with Crippen molar-refractivity contribution in [3.8, 4) is 11.5 Å². The number of carboxylic acids is 1. The zero-order chi connectivity index (χ0) is 29.2. The fourth-order valence-electron chi connectivity index (χ4n) is 3.91. The van der Waals surface area contributed by atoms with E-state index in [0.717, 1.165) is 16.9 Å². The smallest absolute Gasteiger partial charge is 0.377 e. The zero-order valence-corrected chi connectivity index (χ0v) is 24.2. The highest BCUT2D eigenvalue weighted by molar-refractivity contribution is 6.39. The lowest BCUT2D eigenvalue weighted by molar-refractivity contribution is -0.131. The second kappa shape index (κ2) is 14.2. The van der Waals surface area contributed by atoms with Gasteiger partial charge < -0.3 is 24.1 Å². The molecule has 2 rings (SSSR count). The van der Waals surface area contributed by atoms with Crippen molar-refractivity contribution >= 4 is 17.5 Å². The monoisotopic (exact) mass is 542 g/mol. The molecule has 0 aliphatic carbocycles. The Balaban J connectivity index is 2.06. The third-order valence-electron chi connectivity index (χ3n) is 6.12. The van der Waals surface area contributed by atoms with Gasteiger partial charge in [0.1, 0.15) is 11.5 Å². The van der Waals surface area contributed by atoms with Gasteiger partial charge in [0.05, 0.1) is 19.8 Å². The first-order valence-corrected chi connectivity index (χ1v) is 13.2. The average Bonchev–Trinajstić information content (AvgIpc) is 2.86. The van der Waals surface area contributed by atoms with Gasteiger partial charge in [0.2, 0.25) is 0 Å². The Labute approximate surface area is 231 Å². The van der Waals surface area contributed by atoms with E-state index >= 15 is 0 Å². The van der Waals surface area contributed by atoms with E-state index in [1.165, 1.54) is 12.1 Å². The first-order valence-electron chi connectivity index (χ1n) is 13.2. The minimum Gasteiger partial charge on any atom is -0.494 e. The number of Topliss-reactive ketones (excluding diaryl/α,β-unsaturated/α-hetero) is 2. The first-order chi connectivity index (χ1) is 18.3. The maximum atomic E-state index is 13.2. The highest BCUT2D eigenvalue weighted by Crippen LogP contribution is 2.41. The summed E-state index contributed by atoms with van der Waals surface area (Å²) in [4.78, 5) is 35.5. The molecule has 8 nitrogen and oxygen atoms in total. The third kappa shape index (κ3) is 9.79. The van der Waals surface area contributed by atoms with E-state index in [9.17, 15) is 14.4 Å². The fourth-order valence-corrected chi connectivity index (χ4v) is 3.91. The van der Waals surface area contributed by atoms with Crippen LogP contribution in [0.2, 0.25) is 0 Å². The molecule has 0 aliphatic heterocycles. The molecule has 0 fully saturated rings. The molecular weight excluding hydrogens is 500 g/mol. The van der Waals surface area contributed by atoms with Crippen LogP contribution in [0.5, 0.6) is 11.5 Å². The van der Waals surface area contributed by atoms with Gasteiger partial charge in [-0.3, -0.25) is 9.59 Å². The number of rotatable bonds is 15. The number of benzene rings is 2. The molecule has 0 radical (unpaired) electrons. The van der Waals surface area contributed by atoms with E-state index in [2.05, 4.69) is 41.5 Å². The number of hydrogen-bond acceptors (Lipinski definition) is 7. The lowest BCUT2D eigenvalue weighted by atomic mass is 9.78. The quantitative estimate of drug-likeness (QED) is 0.127. The number of methoxy groups -OCH3 is 1. The van der Waals surface area contributed by atoms with Gasteiger partial charge >= 0.3 is 5.97 Å². The highest BCUT2D eigenvalue weighted by Gasteiger charge is 2.29. The molecule has 39 heavy (non-hydrogen) atoms. The van der Waals surface area contributed by atoms with Crippen LogP contribution in [-0.2, 0) is 25.1 Å². The minimum absolute atomic E-state index is 0.0606. The van der Waals surface area contributed by atoms with Crippen LogP contribution in [0, 0.1) is 0 Å². The second-order valence-electron chi connectivity index (χ2n) is 11.5. The Hall–Kier alpha value is -3.23. The van der Waals surface area contributed by atoms with Gasteiger partial charge in [-0.15, -0.1) is 0 Å². The number of carbonyl (C=O) groups excluding carboxylic acids is 2. The van der Waals surface area contributed by atoms with Crippen molar-refractivity contribution in [1.82, 2.24) is 0 Å². The van der Waals surface area contributed by atoms with Crippen LogP contribution in [0.4, 0.5) is 0 Å². The van der Waals surface area contributed by atoms with Crippen LogP contribution in [0.1, 0.15) is 92.6 Å². The van der Waals surface area contributed by atoms with Crippen molar-refractivity contribution in [1.29, 1.82) is 0 Å². The molecule has 8 heteroatoms. The Morgan fingerprint density at radius 1 is 0.769 bits per heavy atom. The molecule has 0 saturated heterocycles. The summed E-state index contributed by atoms with van der Waals surface area (Å²) < 4.78 is 22.4. The highest BCUT2D eigenvalue weighted by atomic mass is 16.7. The summed E-state index contributed by atoms with van der Waals surface area (Å²) >= 11 is 0. The Morgan fingerprint density at radius 2 is 1.36 bits per heavy atom. The number of hydrogen-bond donors (Lipinski definition) is 1. The van der Waals surface area contributed by atoms with Crippen LogP contribution < -0.4 is 9.47 Å². The molecular formula is C31H42O8. The minimum atomic E-state index is -1.49. The van der Waals surface area contributed by atoms with Crippen molar-refractivity contribution in [2.24, 2.45) is 0 Å². The zero-order valence-electron chi connectivity index (χ0n) is 24.2. The van der Waals surface area contributed by atoms with Crippen molar-refractivity contribution in [3.05, 3.63) is 58.7 Å². The summed E-state index contributed by atoms with van der Waals surface area (Å²) in [6, 6.07) is 9.87. The van der Waals surface area contributed by atoms with Crippen molar-refractivity contribution < 1.29 is 38.4 Å². The van der Waals surface area contributed by atoms with Crippen molar-refractivity contribution in [2.75, 3.05) is 33.7 Å². The van der Waals surface area contributed by atoms with Crippen molar-refractivity contribution in [2.45, 2.75) is 71.6 Å². The lowest BCUT2D eigenvalue weighted by Gasteiger charge is -2.30. The summed E-state index contributed by atoms with van der Waals surface area (Å²) in [6.45, 7) is 14.0. The largest absolute Gasteiger partial charge is 0.494 e. The van der Waals surface area contributed by atoms with Crippen LogP contribution in [-0.4, -0.2) is 56.4 Å². The van der Waals surface area contributed by atoms with Gasteiger partial charge in [-0.25, -0.2) is 4.79 Å². The number of carboxylic acid groups (broad SMARTS) is 1. The topological polar surface area (TPSA) is 108 Å². The van der Waals surface area contributed by atoms with Crippen LogP contribution >= 0.6 is 0 Å². The van der Waals surface area contributed by atoms with Gasteiger partial charge in [-0.1, -0.05) is 41.5 Å². The molecule has 1 N–H and O–H groups in total. The maximum absolute atomic E-state index is 13.2. The van der Waals surface area contributed by atoms with E-state index in [4.69, 9.17) is 24.1 Å². The lowest BCUT2D eigenvalue weighted by Crippen LogP contribution is -2.22. The first kappa shape index (κ1) is 32.0. The standard InChI is InChI=1S/C31H42O8/c1-30(2,3)24-18-22(19-25(31(4,5)6)28(24)39-20-37-17-16-36-7)26(32)10-8-9-15-38-23-13-11-21(12-14-23)27(33)29(34)35/h11-14,18-19H,8-10,15-17,20H2,1-7H3,(H,34,35). The van der Waals surface area contributed by atoms with E-state index in [1.807, 2.05) is 12.1 Å². The van der Waals surface area contributed by atoms with Crippen LogP contribution in [0.15, 0.2) is 36.4 Å². The molecule has 0 atom stereocenters. The molecule has 214 valence electrons. The van der Waals surface area contributed by atoms with Gasteiger partial charge in [0.25, 0.3) is 5.78 Å². The number of ketones is 2. The summed E-state index contributed by atoms with van der Waals surface area (Å²) in [5.74, 6) is -1.10. The average molecular weight is 543 g/mol. The fraction of sp³-hybridized carbons (Fsp3) is 0.516. The van der Waals surface area contributed by atoms with Gasteiger partial charge in [-0.05, 0) is 60.1 Å². The third-order valence-corrected chi connectivity index (χ3v) is 6.12. The molecule has 0 saturated carbocycles. The number of ether oxygens (including phenoxy) is 4. The maximum Gasteiger partial charge on any atom is 0.377 e. The number of unbranched alkanes of at least 4 members (excludes halogenated alkanes) is 1. The molecule has 0 unspecified atom stereocenters. The van der Waals surface area contributed by atoms with Crippen LogP contribution in [0.3, 0.4) is 0 Å². The molecule has 2 aromatic carbocycles. The second-order valence-corrected chi connectivity index (χ2v) is 11.5. The summed E-state index contributed by atoms with van der Waals surface area (Å²) in [5, 5.41) is 8.79. The SMILES string of the molecule is COCCOCOc1c(C(C)(C)C)cc(C(=O)CCCCOc2ccc(C(=O)C(=O)O)cc2)cc1C(C)(C)C. The Bertz CT molecular complexity index is 1090. The molecule has 0 amide bonds. The number of carbonyl (C=O) groups is 3. The summed E-state index contributed by atoms with van der Waals surface area (Å²) in [6.07, 6.45) is 1.69. The molecule has 0 bridgehead atoms. The molecule has 0 aliphatic rings. The predicted octanol–water partition coefficient (Wildman–Crippen LogP) is 5.98. The molecule has 0 aromatic heterocycles. The van der Waals surface area contributed by atoms with Crippen molar-refractivity contribution in [3.63, 3.8) is 0 Å². The van der Waals surface area contributed by atoms with E-state index < -0.39 is 11.8 Å². The van der Waals surface area contributed by atoms with Crippen LogP contribution in [0.25, 0.3) is 0 Å². The van der Waals surface area contributed by atoms with E-state index in [-0.39, 0.29) is 29.0 Å². The van der Waals surface area contributed by atoms with E-state index in [1.54, 1.807) is 19.2 Å². The number of aliphatic carboxylic acids is 1. The molecule has 0 heterocycles. The van der Waals surface area contributed by atoms with Gasteiger partial charge in [0, 0.05) is 35.8 Å².